The summed E-state index contributed by atoms with van der Waals surface area (Å²) in [6.45, 7) is 1.83. The van der Waals surface area contributed by atoms with Gasteiger partial charge in [0.05, 0.1) is 18.2 Å². The van der Waals surface area contributed by atoms with Gasteiger partial charge in [0, 0.05) is 59.7 Å². The number of carbonyl (C=O) groups is 2. The lowest BCUT2D eigenvalue weighted by molar-refractivity contribution is -0.144. The second-order valence-electron chi connectivity index (χ2n) is 14.4. The van der Waals surface area contributed by atoms with Crippen molar-refractivity contribution in [1.82, 2.24) is 19.5 Å². The molecule has 9 nitrogen and oxygen atoms in total. The van der Waals surface area contributed by atoms with Crippen LogP contribution in [0.15, 0.2) is 36.4 Å². The van der Waals surface area contributed by atoms with Gasteiger partial charge in [-0.15, -0.1) is 0 Å². The fourth-order valence-electron chi connectivity index (χ4n) is 9.12. The molecule has 2 saturated carbocycles. The standard InChI is InChI=1S/C35H39F3N4O5S/c1-47-24-10-12-25-27(14-24)28-15-34(28,33(44)41-17-22-8-9-23(41)16-39-22)18-42-29-13-21(32(43)40-48(45,46)19-35(36,37)38)7-11-26(29)30(31(25)42)20-5-3-2-4-6-20/h7,10-14,20,22-23,28,39H,2-6,8-9,15-19H2,1H3,(H,40,43). The predicted molar refractivity (Wildman–Crippen MR) is 173 cm³/mol. The highest BCUT2D eigenvalue weighted by Crippen LogP contribution is 2.66. The van der Waals surface area contributed by atoms with Crippen molar-refractivity contribution in [3.8, 4) is 17.0 Å². The quantitative estimate of drug-likeness (QED) is 0.358. The number of hydrogen-bond acceptors (Lipinski definition) is 6. The van der Waals surface area contributed by atoms with Crippen molar-refractivity contribution in [2.24, 2.45) is 5.41 Å². The van der Waals surface area contributed by atoms with Gasteiger partial charge in [0.25, 0.3) is 5.91 Å². The molecule has 2 aliphatic carbocycles. The molecule has 0 radical (unpaired) electrons. The number of carbonyl (C=O) groups excluding carboxylic acids is 2. The first-order valence-electron chi connectivity index (χ1n) is 16.9. The van der Waals surface area contributed by atoms with Gasteiger partial charge in [0.1, 0.15) is 5.75 Å². The summed E-state index contributed by atoms with van der Waals surface area (Å²) >= 11 is 0. The molecule has 1 aromatic heterocycles. The summed E-state index contributed by atoms with van der Waals surface area (Å²) in [6.07, 6.45) is 2.99. The van der Waals surface area contributed by atoms with E-state index < -0.39 is 33.3 Å². The van der Waals surface area contributed by atoms with E-state index in [0.717, 1.165) is 79.3 Å². The van der Waals surface area contributed by atoms with Crippen LogP contribution in [0.2, 0.25) is 0 Å². The Morgan fingerprint density at radius 3 is 2.52 bits per heavy atom. The highest BCUT2D eigenvalue weighted by atomic mass is 32.2. The minimum Gasteiger partial charge on any atom is -0.497 e. The number of sulfonamides is 1. The van der Waals surface area contributed by atoms with Gasteiger partial charge in [0.15, 0.2) is 5.75 Å². The molecule has 5 heterocycles. The molecule has 2 bridgehead atoms. The molecule has 0 spiro atoms. The van der Waals surface area contributed by atoms with Crippen molar-refractivity contribution in [3.05, 3.63) is 53.1 Å². The van der Waals surface area contributed by atoms with Crippen LogP contribution < -0.4 is 14.8 Å². The van der Waals surface area contributed by atoms with E-state index in [4.69, 9.17) is 4.74 Å². The van der Waals surface area contributed by atoms with Crippen LogP contribution in [0.25, 0.3) is 22.2 Å². The minimum atomic E-state index is -4.99. The lowest BCUT2D eigenvalue weighted by Gasteiger charge is -2.47. The third-order valence-electron chi connectivity index (χ3n) is 11.4. The summed E-state index contributed by atoms with van der Waals surface area (Å²) in [7, 11) is -3.33. The lowest BCUT2D eigenvalue weighted by atomic mass is 9.81. The van der Waals surface area contributed by atoms with E-state index in [1.165, 1.54) is 6.07 Å². The molecule has 2 N–H and O–H groups in total. The fraction of sp³-hybridized carbons (Fsp3) is 0.543. The third-order valence-corrected chi connectivity index (χ3v) is 12.6. The number of hydrogen-bond donors (Lipinski definition) is 2. The Morgan fingerprint density at radius 2 is 1.85 bits per heavy atom. The van der Waals surface area contributed by atoms with Crippen LogP contribution in [0.1, 0.15) is 84.7 Å². The molecule has 3 aromatic rings. The number of piperazine rings is 1. The van der Waals surface area contributed by atoms with Crippen molar-refractivity contribution < 1.29 is 35.9 Å². The highest BCUT2D eigenvalue weighted by Gasteiger charge is 2.64. The highest BCUT2D eigenvalue weighted by molar-refractivity contribution is 7.90. The molecule has 5 fully saturated rings. The lowest BCUT2D eigenvalue weighted by Crippen LogP contribution is -2.63. The Balaban J connectivity index is 1.29. The van der Waals surface area contributed by atoms with Crippen LogP contribution >= 0.6 is 0 Å². The minimum absolute atomic E-state index is 0.0309. The molecule has 2 amide bonds. The maximum absolute atomic E-state index is 14.8. The molecular weight excluding hydrogens is 645 g/mol. The zero-order valence-electron chi connectivity index (χ0n) is 26.7. The van der Waals surface area contributed by atoms with Gasteiger partial charge in [-0.1, -0.05) is 25.3 Å². The molecule has 9 rings (SSSR count). The number of aromatic nitrogens is 1. The number of amides is 2. The largest absolute Gasteiger partial charge is 0.497 e. The summed E-state index contributed by atoms with van der Waals surface area (Å²) in [5, 5.41) is 4.45. The summed E-state index contributed by atoms with van der Waals surface area (Å²) in [4.78, 5) is 30.0. The average molecular weight is 685 g/mol. The van der Waals surface area contributed by atoms with Crippen molar-refractivity contribution in [2.45, 2.75) is 88.0 Å². The fourth-order valence-corrected chi connectivity index (χ4v) is 10.0. The number of nitrogens with one attached hydrogen (secondary N) is 2. The van der Waals surface area contributed by atoms with E-state index >= 15 is 0 Å². The molecule has 6 aliphatic rings. The van der Waals surface area contributed by atoms with Gasteiger partial charge >= 0.3 is 6.18 Å². The summed E-state index contributed by atoms with van der Waals surface area (Å²) in [5.41, 5.74) is 4.14. The van der Waals surface area contributed by atoms with Crippen LogP contribution in [-0.2, 0) is 21.4 Å². The Hall–Kier alpha value is -3.58. The van der Waals surface area contributed by atoms with Gasteiger partial charge in [-0.2, -0.15) is 13.2 Å². The van der Waals surface area contributed by atoms with Crippen LogP contribution in [0, 0.1) is 5.41 Å². The molecule has 256 valence electrons. The van der Waals surface area contributed by atoms with Crippen molar-refractivity contribution in [2.75, 3.05) is 26.0 Å². The van der Waals surface area contributed by atoms with Gasteiger partial charge in [-0.25, -0.2) is 13.1 Å². The number of alkyl halides is 3. The SMILES string of the molecule is COc1ccc2c(c1)C1CC1(C(=O)N1CC3CCC1CN3)Cn1c-2c(C2CCCCC2)c2ccc(C(=O)NS(=O)(=O)CC(F)(F)F)cc21. The van der Waals surface area contributed by atoms with Crippen molar-refractivity contribution >= 4 is 32.7 Å². The van der Waals surface area contributed by atoms with Gasteiger partial charge < -0.3 is 19.5 Å². The third kappa shape index (κ3) is 5.28. The summed E-state index contributed by atoms with van der Waals surface area (Å²) < 4.78 is 72.7. The number of rotatable bonds is 6. The number of piperidine rings is 2. The van der Waals surface area contributed by atoms with Gasteiger partial charge in [-0.05, 0) is 79.5 Å². The smallest absolute Gasteiger partial charge is 0.404 e. The van der Waals surface area contributed by atoms with E-state index in [1.54, 1.807) is 24.0 Å². The van der Waals surface area contributed by atoms with E-state index in [2.05, 4.69) is 26.9 Å². The Labute approximate surface area is 277 Å². The number of benzene rings is 2. The molecule has 3 saturated heterocycles. The number of fused-ring (bicyclic) bond motifs is 10. The summed E-state index contributed by atoms with van der Waals surface area (Å²) in [6, 6.07) is 11.3. The van der Waals surface area contributed by atoms with Crippen molar-refractivity contribution in [3.63, 3.8) is 0 Å². The van der Waals surface area contributed by atoms with Crippen LogP contribution in [-0.4, -0.2) is 73.9 Å². The molecule has 13 heteroatoms. The first-order valence-corrected chi connectivity index (χ1v) is 18.5. The predicted octanol–water partition coefficient (Wildman–Crippen LogP) is 5.44. The van der Waals surface area contributed by atoms with E-state index in [9.17, 15) is 31.2 Å². The molecular formula is C35H39F3N4O5S. The zero-order chi connectivity index (χ0) is 33.6. The maximum Gasteiger partial charge on any atom is 0.404 e. The summed E-state index contributed by atoms with van der Waals surface area (Å²) in [5.74, 6) is -2.22. The zero-order valence-corrected chi connectivity index (χ0v) is 27.6. The van der Waals surface area contributed by atoms with Gasteiger partial charge in [-0.3, -0.25) is 9.59 Å². The Kier molecular flexibility index (Phi) is 7.41. The topological polar surface area (TPSA) is 110 Å². The van der Waals surface area contributed by atoms with E-state index in [1.807, 2.05) is 6.07 Å². The number of methoxy groups -OCH3 is 1. The van der Waals surface area contributed by atoms with Gasteiger partial charge in [0.2, 0.25) is 15.9 Å². The Morgan fingerprint density at radius 1 is 1.06 bits per heavy atom. The first-order chi connectivity index (χ1) is 22.9. The second-order valence-corrected chi connectivity index (χ2v) is 16.1. The van der Waals surface area contributed by atoms with Crippen LogP contribution in [0.3, 0.4) is 0 Å². The maximum atomic E-state index is 14.8. The second kappa shape index (κ2) is 11.2. The Bertz CT molecular complexity index is 1930. The van der Waals surface area contributed by atoms with E-state index in [0.29, 0.717) is 30.8 Å². The number of nitrogens with zero attached hydrogens (tertiary/aromatic N) is 2. The number of ether oxygens (including phenoxy) is 1. The molecule has 4 aliphatic heterocycles. The first kappa shape index (κ1) is 31.7. The van der Waals surface area contributed by atoms with Crippen LogP contribution in [0.5, 0.6) is 5.75 Å². The molecule has 4 unspecified atom stereocenters. The van der Waals surface area contributed by atoms with Crippen molar-refractivity contribution in [1.29, 1.82) is 0 Å². The van der Waals surface area contributed by atoms with Crippen LogP contribution in [0.4, 0.5) is 13.2 Å². The molecule has 4 atom stereocenters. The normalized spacial score (nSPS) is 26.8. The monoisotopic (exact) mass is 684 g/mol. The van der Waals surface area contributed by atoms with E-state index in [-0.39, 0.29) is 35.4 Å². The number of halogens is 3. The average Bonchev–Trinajstić information content (AvgIpc) is 3.73. The molecule has 48 heavy (non-hydrogen) atoms. The molecule has 2 aromatic carbocycles.